The van der Waals surface area contributed by atoms with Gasteiger partial charge in [-0.05, 0) is 48.0 Å². The summed E-state index contributed by atoms with van der Waals surface area (Å²) < 4.78 is 19.3. The van der Waals surface area contributed by atoms with Gasteiger partial charge >= 0.3 is 0 Å². The Kier molecular flexibility index (Phi) is 6.15. The number of phenols is 2. The summed E-state index contributed by atoms with van der Waals surface area (Å²) in [6.07, 6.45) is 6.18. The monoisotopic (exact) mass is 508 g/mol. The van der Waals surface area contributed by atoms with Crippen LogP contribution in [-0.2, 0) is 20.7 Å². The van der Waals surface area contributed by atoms with Gasteiger partial charge in [-0.3, -0.25) is 9.59 Å². The molecular weight excluding hydrogens is 472 g/mol. The van der Waals surface area contributed by atoms with Gasteiger partial charge in [0.05, 0.1) is 19.3 Å². The first-order chi connectivity index (χ1) is 17.4. The molecule has 4 bridgehead atoms. The minimum Gasteiger partial charge on any atom is -0.507 e. The molecule has 1 saturated heterocycles. The van der Waals surface area contributed by atoms with Crippen LogP contribution in [0.4, 0.5) is 0 Å². The Bertz CT molecular complexity index is 1260. The molecule has 1 aromatic carbocycles. The van der Waals surface area contributed by atoms with Crippen molar-refractivity contribution in [3.63, 3.8) is 0 Å². The molecule has 1 aromatic rings. The van der Waals surface area contributed by atoms with Crippen molar-refractivity contribution in [1.82, 2.24) is 0 Å². The fourth-order valence-electron chi connectivity index (χ4n) is 6.51. The number of allylic oxidation sites excluding steroid dienone is 4. The lowest BCUT2D eigenvalue weighted by atomic mass is 9.49. The molecule has 0 aromatic heterocycles. The number of carbonyl (C=O) groups is 2. The fraction of sp³-hybridized carbons (Fsp3) is 0.533. The molecule has 2 fully saturated rings. The second-order valence-corrected chi connectivity index (χ2v) is 11.5. The van der Waals surface area contributed by atoms with Crippen LogP contribution in [0, 0.1) is 17.8 Å². The van der Waals surface area contributed by atoms with Crippen molar-refractivity contribution in [3.8, 4) is 17.2 Å². The summed E-state index contributed by atoms with van der Waals surface area (Å²) in [5.74, 6) is -1.93. The van der Waals surface area contributed by atoms with Crippen molar-refractivity contribution >= 4 is 11.6 Å². The fourth-order valence-corrected chi connectivity index (χ4v) is 6.51. The number of ketones is 2. The zero-order valence-electron chi connectivity index (χ0n) is 22.4. The first kappa shape index (κ1) is 25.7. The lowest BCUT2D eigenvalue weighted by molar-refractivity contribution is -0.173. The molecule has 198 valence electrons. The zero-order chi connectivity index (χ0) is 26.9. The van der Waals surface area contributed by atoms with E-state index in [1.807, 2.05) is 53.7 Å². The number of carbonyl (C=O) groups excluding carboxylic acids is 2. The largest absolute Gasteiger partial charge is 0.507 e. The van der Waals surface area contributed by atoms with Gasteiger partial charge in [0.15, 0.2) is 22.8 Å². The van der Waals surface area contributed by atoms with Gasteiger partial charge in [-0.15, -0.1) is 0 Å². The van der Waals surface area contributed by atoms with E-state index in [9.17, 15) is 19.8 Å². The van der Waals surface area contributed by atoms with Crippen LogP contribution in [0.2, 0.25) is 0 Å². The van der Waals surface area contributed by atoms with Crippen LogP contribution in [0.15, 0.2) is 41.0 Å². The van der Waals surface area contributed by atoms with E-state index in [-0.39, 0.29) is 65.3 Å². The molecule has 7 nitrogen and oxygen atoms in total. The second-order valence-electron chi connectivity index (χ2n) is 11.5. The van der Waals surface area contributed by atoms with Gasteiger partial charge in [-0.25, -0.2) is 0 Å². The Morgan fingerprint density at radius 2 is 1.84 bits per heavy atom. The maximum atomic E-state index is 14.2. The highest BCUT2D eigenvalue weighted by Crippen LogP contribution is 2.65. The van der Waals surface area contributed by atoms with Crippen molar-refractivity contribution in [1.29, 1.82) is 0 Å². The minimum absolute atomic E-state index is 0.0199. The van der Waals surface area contributed by atoms with Gasteiger partial charge in [0, 0.05) is 41.4 Å². The standard InChI is InChI=1S/C30H36O7/c1-15(2)7-8-18-23(31)12-24(32)25-26(33)21-11-19-20(13-35-17(5)6)22-14-36-29(28(19)34,10-9-16(3)4)30(21,22)37-27(18)25/h7,9,11-12,17,19-20,22,31-32H,8,10,13-14H2,1-6H3/t19-,20+,22-,29+,30-/m1/s1. The molecule has 1 spiro atoms. The van der Waals surface area contributed by atoms with E-state index < -0.39 is 17.1 Å². The zero-order valence-corrected chi connectivity index (χ0v) is 22.4. The van der Waals surface area contributed by atoms with E-state index in [4.69, 9.17) is 14.2 Å². The lowest BCUT2D eigenvalue weighted by Gasteiger charge is -2.58. The molecule has 0 radical (unpaired) electrons. The highest BCUT2D eigenvalue weighted by molar-refractivity contribution is 6.18. The second kappa shape index (κ2) is 8.84. The third kappa shape index (κ3) is 3.54. The number of Topliss-reactive ketones (excluding diaryl/α,β-unsaturated/α-hetero) is 2. The normalized spacial score (nSPS) is 31.0. The van der Waals surface area contributed by atoms with Crippen LogP contribution in [0.3, 0.4) is 0 Å². The lowest BCUT2D eigenvalue weighted by Crippen LogP contribution is -2.74. The van der Waals surface area contributed by atoms with Gasteiger partial charge in [0.2, 0.25) is 0 Å². The summed E-state index contributed by atoms with van der Waals surface area (Å²) >= 11 is 0. The van der Waals surface area contributed by atoms with Crippen LogP contribution in [0.5, 0.6) is 17.2 Å². The number of fused-ring (bicyclic) bond motifs is 1. The van der Waals surface area contributed by atoms with Gasteiger partial charge in [0.25, 0.3) is 0 Å². The molecule has 7 heteroatoms. The van der Waals surface area contributed by atoms with Gasteiger partial charge < -0.3 is 24.4 Å². The van der Waals surface area contributed by atoms with Crippen LogP contribution in [-0.4, -0.2) is 52.3 Å². The molecule has 6 rings (SSSR count). The van der Waals surface area contributed by atoms with E-state index in [0.29, 0.717) is 24.2 Å². The molecule has 37 heavy (non-hydrogen) atoms. The number of aromatic hydroxyl groups is 2. The third-order valence-corrected chi connectivity index (χ3v) is 8.27. The molecule has 1 saturated carbocycles. The van der Waals surface area contributed by atoms with Crippen LogP contribution in [0.25, 0.3) is 0 Å². The Hall–Kier alpha value is -2.90. The summed E-state index contributed by atoms with van der Waals surface area (Å²) in [6, 6.07) is 1.20. The number of hydrogen-bond donors (Lipinski definition) is 2. The van der Waals surface area contributed by atoms with E-state index in [1.165, 1.54) is 6.07 Å². The predicted octanol–water partition coefficient (Wildman–Crippen LogP) is 4.84. The first-order valence-electron chi connectivity index (χ1n) is 13.0. The van der Waals surface area contributed by atoms with Crippen LogP contribution in [0.1, 0.15) is 63.9 Å². The number of phenolic OH excluding ortho intramolecular Hbond substituents is 2. The van der Waals surface area contributed by atoms with E-state index >= 15 is 0 Å². The van der Waals surface area contributed by atoms with Gasteiger partial charge in [0.1, 0.15) is 22.8 Å². The average Bonchev–Trinajstić information content (AvgIpc) is 3.09. The topological polar surface area (TPSA) is 102 Å². The van der Waals surface area contributed by atoms with Crippen molar-refractivity contribution in [2.24, 2.45) is 17.8 Å². The van der Waals surface area contributed by atoms with Crippen LogP contribution >= 0.6 is 0 Å². The molecule has 2 heterocycles. The van der Waals surface area contributed by atoms with E-state index in [0.717, 1.165) is 11.1 Å². The first-order valence-corrected chi connectivity index (χ1v) is 13.0. The van der Waals surface area contributed by atoms with Crippen molar-refractivity contribution in [2.45, 2.75) is 71.7 Å². The number of ether oxygens (including phenoxy) is 3. The molecule has 0 amide bonds. The van der Waals surface area contributed by atoms with Crippen LogP contribution < -0.4 is 4.74 Å². The predicted molar refractivity (Wildman–Crippen MR) is 138 cm³/mol. The Balaban J connectivity index is 1.75. The average molecular weight is 509 g/mol. The molecule has 5 aliphatic rings. The summed E-state index contributed by atoms with van der Waals surface area (Å²) in [4.78, 5) is 28.3. The van der Waals surface area contributed by atoms with Crippen molar-refractivity contribution in [3.05, 3.63) is 52.1 Å². The SMILES string of the molecule is CC(C)=CCc1c(O)cc(O)c2c1O[C@@]13C(=C[C@H]4C(=O)[C@]1(CC=C(C)C)OC[C@@H]3[C@H]4COC(C)C)C2=O. The minimum atomic E-state index is -1.38. The highest BCUT2D eigenvalue weighted by Gasteiger charge is 2.79. The Morgan fingerprint density at radius 1 is 1.14 bits per heavy atom. The Morgan fingerprint density at radius 3 is 2.49 bits per heavy atom. The summed E-state index contributed by atoms with van der Waals surface area (Å²) in [5.41, 5.74) is 0.106. The Labute approximate surface area is 217 Å². The van der Waals surface area contributed by atoms with E-state index in [1.54, 1.807) is 6.08 Å². The molecule has 3 aliphatic carbocycles. The number of hydrogen-bond acceptors (Lipinski definition) is 7. The summed E-state index contributed by atoms with van der Waals surface area (Å²) in [6.45, 7) is 12.3. The van der Waals surface area contributed by atoms with Gasteiger partial charge in [-0.2, -0.15) is 0 Å². The van der Waals surface area contributed by atoms with Gasteiger partial charge in [-0.1, -0.05) is 29.4 Å². The summed E-state index contributed by atoms with van der Waals surface area (Å²) in [7, 11) is 0. The number of rotatable bonds is 7. The molecule has 0 unspecified atom stereocenters. The third-order valence-electron chi connectivity index (χ3n) is 8.27. The highest BCUT2D eigenvalue weighted by atomic mass is 16.6. The van der Waals surface area contributed by atoms with Crippen molar-refractivity contribution < 1.29 is 34.0 Å². The maximum absolute atomic E-state index is 14.2. The summed E-state index contributed by atoms with van der Waals surface area (Å²) in [5, 5.41) is 21.6. The molecule has 2 aliphatic heterocycles. The molecule has 5 atom stereocenters. The molecule has 2 N–H and O–H groups in total. The molecular formula is C30H36O7. The van der Waals surface area contributed by atoms with Crippen molar-refractivity contribution in [2.75, 3.05) is 13.2 Å². The maximum Gasteiger partial charge on any atom is 0.200 e. The smallest absolute Gasteiger partial charge is 0.200 e. The van der Waals surface area contributed by atoms with E-state index in [2.05, 4.69) is 0 Å². The quantitative estimate of drug-likeness (QED) is 0.508. The number of benzene rings is 1.